The molecule has 0 unspecified atom stereocenters. The van der Waals surface area contributed by atoms with Crippen LogP contribution in [-0.2, 0) is 0 Å². The van der Waals surface area contributed by atoms with Crippen molar-refractivity contribution in [3.63, 3.8) is 0 Å². The van der Waals surface area contributed by atoms with E-state index < -0.39 is 0 Å². The Kier molecular flexibility index (Phi) is 9.95. The fourth-order valence-electron chi connectivity index (χ4n) is 3.75. The largest absolute Gasteiger partial charge is 0.494 e. The third-order valence-corrected chi connectivity index (χ3v) is 6.34. The van der Waals surface area contributed by atoms with Gasteiger partial charge in [-0.15, -0.1) is 11.6 Å². The molecule has 3 aromatic carbocycles. The van der Waals surface area contributed by atoms with Crippen molar-refractivity contribution in [1.82, 2.24) is 0 Å². The van der Waals surface area contributed by atoms with E-state index in [1.807, 2.05) is 0 Å². The van der Waals surface area contributed by atoms with Gasteiger partial charge in [0, 0.05) is 9.45 Å². The second kappa shape index (κ2) is 12.9. The van der Waals surface area contributed by atoms with Crippen molar-refractivity contribution in [3.8, 4) is 5.75 Å². The molecule has 0 aliphatic heterocycles. The van der Waals surface area contributed by atoms with Crippen LogP contribution in [0.15, 0.2) is 78.9 Å². The molecule has 0 spiro atoms. The van der Waals surface area contributed by atoms with Crippen molar-refractivity contribution < 1.29 is 4.74 Å². The van der Waals surface area contributed by atoms with Gasteiger partial charge in [0.1, 0.15) is 5.75 Å². The van der Waals surface area contributed by atoms with Gasteiger partial charge in [0.15, 0.2) is 0 Å². The molecule has 0 bridgehead atoms. The molecular weight excluding hydrogens is 515 g/mol. The van der Waals surface area contributed by atoms with Crippen molar-refractivity contribution in [1.29, 1.82) is 0 Å². The summed E-state index contributed by atoms with van der Waals surface area (Å²) in [6, 6.07) is 28.1. The van der Waals surface area contributed by atoms with E-state index >= 15 is 0 Å². The van der Waals surface area contributed by atoms with Crippen molar-refractivity contribution in [2.75, 3.05) is 12.5 Å². The zero-order valence-corrected chi connectivity index (χ0v) is 21.0. The highest BCUT2D eigenvalue weighted by atomic mass is 127. The molecule has 3 rings (SSSR count). The SMILES string of the molecule is CC/C(=C(\c1ccc(I)cc1)c1ccc(OCCCCCCCl)cc1)c1ccccc1. The monoisotopic (exact) mass is 544 g/mol. The molecule has 0 radical (unpaired) electrons. The lowest BCUT2D eigenvalue weighted by molar-refractivity contribution is 0.305. The molecule has 162 valence electrons. The highest BCUT2D eigenvalue weighted by Crippen LogP contribution is 2.35. The number of ether oxygens (including phenoxy) is 1. The maximum atomic E-state index is 5.96. The number of benzene rings is 3. The summed E-state index contributed by atoms with van der Waals surface area (Å²) >= 11 is 8.10. The maximum Gasteiger partial charge on any atom is 0.119 e. The minimum absolute atomic E-state index is 0.751. The van der Waals surface area contributed by atoms with Gasteiger partial charge in [-0.25, -0.2) is 0 Å². The molecule has 0 amide bonds. The standard InChI is InChI=1S/C28H30ClIO/c1-2-27(22-10-6-5-7-11-22)28(23-12-16-25(30)17-13-23)24-14-18-26(19-15-24)31-21-9-4-3-8-20-29/h5-7,10-19H,2-4,8-9,20-21H2,1H3/b28-27-. The fourth-order valence-corrected chi connectivity index (χ4v) is 4.30. The molecule has 0 saturated heterocycles. The number of allylic oxidation sites excluding steroid dienone is 1. The first-order valence-corrected chi connectivity index (χ1v) is 12.7. The molecule has 3 heteroatoms. The number of hydrogen-bond acceptors (Lipinski definition) is 1. The molecule has 0 heterocycles. The van der Waals surface area contributed by atoms with Crippen LogP contribution in [0.25, 0.3) is 11.1 Å². The lowest BCUT2D eigenvalue weighted by Crippen LogP contribution is -1.98. The second-order valence-corrected chi connectivity index (χ2v) is 9.18. The zero-order chi connectivity index (χ0) is 21.9. The molecule has 0 aliphatic carbocycles. The first-order valence-electron chi connectivity index (χ1n) is 11.1. The van der Waals surface area contributed by atoms with Crippen molar-refractivity contribution in [2.45, 2.75) is 39.0 Å². The van der Waals surface area contributed by atoms with Crippen LogP contribution >= 0.6 is 34.2 Å². The van der Waals surface area contributed by atoms with E-state index in [1.165, 1.54) is 44.2 Å². The van der Waals surface area contributed by atoms with Crippen molar-refractivity contribution in [3.05, 3.63) is 99.1 Å². The molecule has 0 aliphatic rings. The van der Waals surface area contributed by atoms with Crippen LogP contribution in [0.1, 0.15) is 55.7 Å². The highest BCUT2D eigenvalue weighted by Gasteiger charge is 2.13. The summed E-state index contributed by atoms with van der Waals surface area (Å²) in [7, 11) is 0. The van der Waals surface area contributed by atoms with Crippen molar-refractivity contribution in [2.24, 2.45) is 0 Å². The number of alkyl halides is 1. The summed E-state index contributed by atoms with van der Waals surface area (Å²) in [5.74, 6) is 1.68. The first kappa shape index (κ1) is 23.9. The minimum atomic E-state index is 0.751. The van der Waals surface area contributed by atoms with E-state index in [0.717, 1.165) is 37.5 Å². The average Bonchev–Trinajstić information content (AvgIpc) is 2.81. The van der Waals surface area contributed by atoms with Crippen LogP contribution in [-0.4, -0.2) is 12.5 Å². The third-order valence-electron chi connectivity index (χ3n) is 5.35. The van der Waals surface area contributed by atoms with Crippen LogP contribution in [0, 0.1) is 3.57 Å². The topological polar surface area (TPSA) is 9.23 Å². The summed E-state index contributed by atoms with van der Waals surface area (Å²) in [5, 5.41) is 0. The highest BCUT2D eigenvalue weighted by molar-refractivity contribution is 14.1. The number of halogens is 2. The molecule has 3 aromatic rings. The van der Waals surface area contributed by atoms with Gasteiger partial charge in [-0.2, -0.15) is 0 Å². The number of rotatable bonds is 11. The summed E-state index contributed by atoms with van der Waals surface area (Å²) in [4.78, 5) is 0. The lowest BCUT2D eigenvalue weighted by Gasteiger charge is -2.17. The van der Waals surface area contributed by atoms with E-state index in [9.17, 15) is 0 Å². The van der Waals surface area contributed by atoms with Crippen LogP contribution in [0.5, 0.6) is 5.75 Å². The summed E-state index contributed by atoms with van der Waals surface area (Å²) in [6.07, 6.45) is 5.47. The molecular formula is C28H30ClIO. The fraction of sp³-hybridized carbons (Fsp3) is 0.286. The Morgan fingerprint density at radius 2 is 1.35 bits per heavy atom. The number of unbranched alkanes of at least 4 members (excludes halogenated alkanes) is 3. The average molecular weight is 545 g/mol. The predicted molar refractivity (Wildman–Crippen MR) is 143 cm³/mol. The van der Waals surface area contributed by atoms with Crippen LogP contribution in [0.3, 0.4) is 0 Å². The predicted octanol–water partition coefficient (Wildman–Crippen LogP) is 8.84. The normalized spacial score (nSPS) is 11.8. The van der Waals surface area contributed by atoms with Gasteiger partial charge >= 0.3 is 0 Å². The zero-order valence-electron chi connectivity index (χ0n) is 18.1. The van der Waals surface area contributed by atoms with Crippen LogP contribution in [0.4, 0.5) is 0 Å². The van der Waals surface area contributed by atoms with Gasteiger partial charge in [-0.05, 0) is 94.0 Å². The first-order chi connectivity index (χ1) is 15.2. The quantitative estimate of drug-likeness (QED) is 0.101. The Morgan fingerprint density at radius 1 is 0.742 bits per heavy atom. The van der Waals surface area contributed by atoms with Gasteiger partial charge < -0.3 is 4.74 Å². The van der Waals surface area contributed by atoms with E-state index in [-0.39, 0.29) is 0 Å². The summed E-state index contributed by atoms with van der Waals surface area (Å²) < 4.78 is 7.21. The molecule has 0 atom stereocenters. The molecule has 0 aromatic heterocycles. The van der Waals surface area contributed by atoms with E-state index in [1.54, 1.807) is 0 Å². The van der Waals surface area contributed by atoms with Crippen LogP contribution < -0.4 is 4.74 Å². The molecule has 0 N–H and O–H groups in total. The molecule has 31 heavy (non-hydrogen) atoms. The van der Waals surface area contributed by atoms with Gasteiger partial charge in [0.2, 0.25) is 0 Å². The minimum Gasteiger partial charge on any atom is -0.494 e. The lowest BCUT2D eigenvalue weighted by atomic mass is 9.88. The second-order valence-electron chi connectivity index (χ2n) is 7.56. The number of hydrogen-bond donors (Lipinski definition) is 0. The Hall–Kier alpha value is -1.78. The molecule has 0 fully saturated rings. The molecule has 1 nitrogen and oxygen atoms in total. The Bertz CT molecular complexity index is 947. The Morgan fingerprint density at radius 3 is 1.97 bits per heavy atom. The maximum absolute atomic E-state index is 5.96. The van der Waals surface area contributed by atoms with Gasteiger partial charge in [0.25, 0.3) is 0 Å². The summed E-state index contributed by atoms with van der Waals surface area (Å²) in [5.41, 5.74) is 6.38. The summed E-state index contributed by atoms with van der Waals surface area (Å²) in [6.45, 7) is 2.99. The third kappa shape index (κ3) is 7.11. The van der Waals surface area contributed by atoms with Gasteiger partial charge in [-0.1, -0.05) is 74.4 Å². The van der Waals surface area contributed by atoms with E-state index in [2.05, 4.69) is 108 Å². The van der Waals surface area contributed by atoms with Crippen LogP contribution in [0.2, 0.25) is 0 Å². The Balaban J connectivity index is 1.86. The van der Waals surface area contributed by atoms with Gasteiger partial charge in [-0.3, -0.25) is 0 Å². The van der Waals surface area contributed by atoms with Gasteiger partial charge in [0.05, 0.1) is 6.61 Å². The Labute approximate surface area is 205 Å². The van der Waals surface area contributed by atoms with E-state index in [0.29, 0.717) is 0 Å². The van der Waals surface area contributed by atoms with Crippen molar-refractivity contribution >= 4 is 45.3 Å². The smallest absolute Gasteiger partial charge is 0.119 e. The van der Waals surface area contributed by atoms with E-state index in [4.69, 9.17) is 16.3 Å². The molecule has 0 saturated carbocycles.